The van der Waals surface area contributed by atoms with Crippen molar-refractivity contribution in [1.82, 2.24) is 9.80 Å². The van der Waals surface area contributed by atoms with Gasteiger partial charge in [0, 0.05) is 51.0 Å². The van der Waals surface area contributed by atoms with Crippen LogP contribution in [0.2, 0.25) is 0 Å². The van der Waals surface area contributed by atoms with Crippen LogP contribution in [0.15, 0.2) is 42.5 Å². The molecule has 0 saturated carbocycles. The smallest absolute Gasteiger partial charge is 0.423 e. The lowest BCUT2D eigenvalue weighted by molar-refractivity contribution is -0.388. The van der Waals surface area contributed by atoms with Crippen molar-refractivity contribution in [3.05, 3.63) is 63.7 Å². The molecular formula is C27H30F6N4O3S. The second-order valence-corrected chi connectivity index (χ2v) is 10.4. The van der Waals surface area contributed by atoms with Crippen LogP contribution in [0.1, 0.15) is 36.8 Å². The van der Waals surface area contributed by atoms with Crippen LogP contribution in [-0.4, -0.2) is 71.6 Å². The third kappa shape index (κ3) is 7.86. The van der Waals surface area contributed by atoms with Crippen LogP contribution in [0.25, 0.3) is 0 Å². The highest BCUT2D eigenvalue weighted by atomic mass is 32.1. The molecule has 0 spiro atoms. The van der Waals surface area contributed by atoms with Gasteiger partial charge < -0.3 is 9.64 Å². The van der Waals surface area contributed by atoms with Crippen LogP contribution in [0.4, 0.5) is 37.7 Å². The van der Waals surface area contributed by atoms with Gasteiger partial charge in [-0.1, -0.05) is 12.2 Å². The highest BCUT2D eigenvalue weighted by Crippen LogP contribution is 2.39. The van der Waals surface area contributed by atoms with Crippen LogP contribution < -0.4 is 9.64 Å². The first-order valence-corrected chi connectivity index (χ1v) is 13.7. The molecule has 0 aliphatic carbocycles. The van der Waals surface area contributed by atoms with E-state index in [2.05, 4.69) is 14.7 Å². The number of anilines is 1. The Morgan fingerprint density at radius 2 is 1.54 bits per heavy atom. The number of benzene rings is 2. The SMILES string of the molecule is O=[N+]([O-])c1ccc(OC2CCN(C(CCC=S)N3CCN(c4ccc(C(F)(F)F)cc4)CC3)CC2)cc1C(F)(F)F. The molecule has 0 aromatic heterocycles. The fourth-order valence-corrected chi connectivity index (χ4v) is 5.55. The lowest BCUT2D eigenvalue weighted by Gasteiger charge is -2.46. The minimum absolute atomic E-state index is 0.0574. The molecule has 1 unspecified atom stereocenters. The molecule has 2 aliphatic rings. The van der Waals surface area contributed by atoms with E-state index in [-0.39, 0.29) is 18.0 Å². The van der Waals surface area contributed by atoms with Crippen LogP contribution in [0, 0.1) is 10.1 Å². The normalized spacial score (nSPS) is 18.7. The van der Waals surface area contributed by atoms with Crippen LogP contribution in [0.3, 0.4) is 0 Å². The zero-order valence-electron chi connectivity index (χ0n) is 22.0. The Labute approximate surface area is 238 Å². The third-order valence-electron chi connectivity index (χ3n) is 7.51. The zero-order valence-corrected chi connectivity index (χ0v) is 22.9. The topological polar surface area (TPSA) is 62.1 Å². The number of nitro benzene ring substituents is 1. The Balaban J connectivity index is 1.34. The number of piperidine rings is 1. The van der Waals surface area contributed by atoms with Crippen molar-refractivity contribution >= 4 is 29.0 Å². The molecule has 7 nitrogen and oxygen atoms in total. The van der Waals surface area contributed by atoms with Crippen molar-refractivity contribution in [3.63, 3.8) is 0 Å². The molecule has 224 valence electrons. The van der Waals surface area contributed by atoms with Gasteiger partial charge in [0.05, 0.1) is 16.7 Å². The Bertz CT molecular complexity index is 1200. The minimum Gasteiger partial charge on any atom is -0.490 e. The summed E-state index contributed by atoms with van der Waals surface area (Å²) in [6, 6.07) is 7.87. The highest BCUT2D eigenvalue weighted by molar-refractivity contribution is 7.78. The first kappa shape index (κ1) is 31.0. The Hall–Kier alpha value is -2.97. The monoisotopic (exact) mass is 604 g/mol. The maximum Gasteiger partial charge on any atom is 0.423 e. The second kappa shape index (κ2) is 12.9. The van der Waals surface area contributed by atoms with E-state index in [0.29, 0.717) is 58.2 Å². The molecule has 1 atom stereocenters. The molecule has 0 radical (unpaired) electrons. The van der Waals surface area contributed by atoms with Gasteiger partial charge >= 0.3 is 12.4 Å². The highest BCUT2D eigenvalue weighted by Gasteiger charge is 2.39. The number of likely N-dealkylation sites (tertiary alicyclic amines) is 1. The summed E-state index contributed by atoms with van der Waals surface area (Å²) in [5.41, 5.74) is -2.29. The second-order valence-electron chi connectivity index (χ2n) is 10.1. The van der Waals surface area contributed by atoms with Gasteiger partial charge in [0.2, 0.25) is 0 Å². The Kier molecular flexibility index (Phi) is 9.75. The number of nitro groups is 1. The lowest BCUT2D eigenvalue weighted by atomic mass is 10.0. The summed E-state index contributed by atoms with van der Waals surface area (Å²) in [5.74, 6) is -0.0574. The first-order valence-electron chi connectivity index (χ1n) is 13.2. The predicted molar refractivity (Wildman–Crippen MR) is 145 cm³/mol. The summed E-state index contributed by atoms with van der Waals surface area (Å²) in [4.78, 5) is 16.7. The van der Waals surface area contributed by atoms with Crippen molar-refractivity contribution in [2.45, 2.75) is 50.3 Å². The van der Waals surface area contributed by atoms with Crippen LogP contribution in [0.5, 0.6) is 5.75 Å². The Morgan fingerprint density at radius 1 is 0.927 bits per heavy atom. The molecule has 2 fully saturated rings. The molecule has 4 rings (SSSR count). The number of thiocarbonyl (C=S) groups is 1. The molecule has 2 aliphatic heterocycles. The van der Waals surface area contributed by atoms with Gasteiger partial charge in [0.1, 0.15) is 17.4 Å². The van der Waals surface area contributed by atoms with E-state index < -0.39 is 34.1 Å². The van der Waals surface area contributed by atoms with Gasteiger partial charge in [-0.15, -0.1) is 0 Å². The number of nitrogens with zero attached hydrogens (tertiary/aromatic N) is 4. The molecule has 41 heavy (non-hydrogen) atoms. The molecule has 0 bridgehead atoms. The quantitative estimate of drug-likeness (QED) is 0.142. The van der Waals surface area contributed by atoms with Crippen molar-refractivity contribution < 1.29 is 36.0 Å². The summed E-state index contributed by atoms with van der Waals surface area (Å²) < 4.78 is 84.6. The summed E-state index contributed by atoms with van der Waals surface area (Å²) in [6.07, 6.45) is -6.85. The molecule has 2 aromatic carbocycles. The average molecular weight is 605 g/mol. The van der Waals surface area contributed by atoms with Gasteiger partial charge in [-0.3, -0.25) is 19.9 Å². The Morgan fingerprint density at radius 3 is 2.07 bits per heavy atom. The first-order chi connectivity index (χ1) is 19.4. The fraction of sp³-hybridized carbons (Fsp3) is 0.519. The number of rotatable bonds is 9. The maximum atomic E-state index is 13.3. The van der Waals surface area contributed by atoms with E-state index in [0.717, 1.165) is 36.7 Å². The van der Waals surface area contributed by atoms with Crippen molar-refractivity contribution in [1.29, 1.82) is 0 Å². The van der Waals surface area contributed by atoms with Gasteiger partial charge in [0.25, 0.3) is 5.69 Å². The van der Waals surface area contributed by atoms with E-state index in [1.165, 1.54) is 18.2 Å². The molecule has 2 aromatic rings. The molecular weight excluding hydrogens is 574 g/mol. The largest absolute Gasteiger partial charge is 0.490 e. The van der Waals surface area contributed by atoms with E-state index >= 15 is 0 Å². The predicted octanol–water partition coefficient (Wildman–Crippen LogP) is 6.40. The standard InChI is InChI=1S/C27H30F6N4O3S/c28-26(29,30)19-3-5-20(6-4-19)34-13-15-36(16-14-34)25(2-1-17-41)35-11-9-21(10-12-35)40-22-7-8-24(37(38)39)23(18-22)27(31,32)33/h3-8,17-18,21,25H,1-2,9-16H2. The number of ether oxygens (including phenoxy) is 1. The average Bonchev–Trinajstić information content (AvgIpc) is 2.93. The van der Waals surface area contributed by atoms with Gasteiger partial charge in [-0.05, 0) is 67.4 Å². The summed E-state index contributed by atoms with van der Waals surface area (Å²) in [5, 5.41) is 12.7. The summed E-state index contributed by atoms with van der Waals surface area (Å²) >= 11 is 5.05. The van der Waals surface area contributed by atoms with E-state index in [9.17, 15) is 36.5 Å². The number of piperazine rings is 1. The third-order valence-corrected chi connectivity index (χ3v) is 7.74. The van der Waals surface area contributed by atoms with Crippen LogP contribution >= 0.6 is 12.2 Å². The van der Waals surface area contributed by atoms with Crippen molar-refractivity contribution in [2.75, 3.05) is 44.2 Å². The van der Waals surface area contributed by atoms with E-state index in [4.69, 9.17) is 17.0 Å². The maximum absolute atomic E-state index is 13.3. The molecule has 2 saturated heterocycles. The number of hydrogen-bond donors (Lipinski definition) is 0. The molecule has 2 heterocycles. The number of alkyl halides is 6. The van der Waals surface area contributed by atoms with E-state index in [1.807, 2.05) is 0 Å². The van der Waals surface area contributed by atoms with Gasteiger partial charge in [-0.2, -0.15) is 26.3 Å². The van der Waals surface area contributed by atoms with Gasteiger partial charge in [0.15, 0.2) is 0 Å². The molecule has 0 amide bonds. The van der Waals surface area contributed by atoms with E-state index in [1.54, 1.807) is 5.37 Å². The van der Waals surface area contributed by atoms with Crippen LogP contribution in [-0.2, 0) is 12.4 Å². The molecule has 14 heteroatoms. The van der Waals surface area contributed by atoms with Crippen molar-refractivity contribution in [3.8, 4) is 5.75 Å². The number of hydrogen-bond acceptors (Lipinski definition) is 7. The fourth-order valence-electron chi connectivity index (χ4n) is 5.41. The molecule has 0 N–H and O–H groups in total. The summed E-state index contributed by atoms with van der Waals surface area (Å²) in [7, 11) is 0. The minimum atomic E-state index is -4.88. The zero-order chi connectivity index (χ0) is 29.8. The van der Waals surface area contributed by atoms with Gasteiger partial charge in [-0.25, -0.2) is 0 Å². The summed E-state index contributed by atoms with van der Waals surface area (Å²) in [6.45, 7) is 4.02. The lowest BCUT2D eigenvalue weighted by Crippen LogP contribution is -2.57. The van der Waals surface area contributed by atoms with Crippen molar-refractivity contribution in [2.24, 2.45) is 0 Å². The number of halogens is 6.